The van der Waals surface area contributed by atoms with Crippen molar-refractivity contribution in [1.29, 1.82) is 0 Å². The number of aryl methyl sites for hydroxylation is 1. The lowest BCUT2D eigenvalue weighted by molar-refractivity contribution is -0.0528. The number of anilines is 2. The number of rotatable bonds is 7. The Morgan fingerprint density at radius 2 is 2.24 bits per heavy atom. The van der Waals surface area contributed by atoms with Gasteiger partial charge >= 0.3 is 6.09 Å². The molecule has 4 aliphatic rings. The van der Waals surface area contributed by atoms with Gasteiger partial charge in [0.2, 0.25) is 0 Å². The highest BCUT2D eigenvalue weighted by Crippen LogP contribution is 2.57. The van der Waals surface area contributed by atoms with Crippen molar-refractivity contribution in [2.24, 2.45) is 5.92 Å². The van der Waals surface area contributed by atoms with Crippen LogP contribution < -0.4 is 10.6 Å². The molecule has 0 radical (unpaired) electrons. The first-order chi connectivity index (χ1) is 16.4. The number of alkyl carbamates (subject to hydrolysis) is 1. The summed E-state index contributed by atoms with van der Waals surface area (Å²) in [5.41, 5.74) is 2.87. The van der Waals surface area contributed by atoms with Gasteiger partial charge < -0.3 is 24.8 Å². The predicted octanol–water partition coefficient (Wildman–Crippen LogP) is 2.71. The summed E-state index contributed by atoms with van der Waals surface area (Å²) in [6.45, 7) is 2.32. The largest absolute Gasteiger partial charge is 0.441 e. The van der Waals surface area contributed by atoms with Crippen LogP contribution in [0.5, 0.6) is 0 Å². The zero-order chi connectivity index (χ0) is 23.4. The number of hydrogen-bond acceptors (Lipinski definition) is 8. The molecule has 0 spiro atoms. The van der Waals surface area contributed by atoms with E-state index in [0.29, 0.717) is 23.9 Å². The maximum absolute atomic E-state index is 15.1. The van der Waals surface area contributed by atoms with Crippen LogP contribution in [0.3, 0.4) is 0 Å². The molecule has 3 N–H and O–H groups in total. The molecule has 0 unspecified atom stereocenters. The Bertz CT molecular complexity index is 1230. The number of hydrogen-bond donors (Lipinski definition) is 3. The van der Waals surface area contributed by atoms with Crippen molar-refractivity contribution in [1.82, 2.24) is 30.1 Å². The molecule has 0 aromatic carbocycles. The average molecular weight is 471 g/mol. The topological polar surface area (TPSA) is 128 Å². The molecule has 3 aliphatic carbocycles. The maximum Gasteiger partial charge on any atom is 0.408 e. The third kappa shape index (κ3) is 3.48. The molecule has 1 saturated heterocycles. The molecule has 4 heterocycles. The molecule has 4 fully saturated rings. The Kier molecular flexibility index (Phi) is 4.96. The lowest BCUT2D eigenvalue weighted by atomic mass is 9.50. The van der Waals surface area contributed by atoms with Crippen molar-refractivity contribution in [2.75, 3.05) is 19.0 Å². The Morgan fingerprint density at radius 3 is 2.97 bits per heavy atom. The molecule has 12 heteroatoms. The van der Waals surface area contributed by atoms with E-state index in [1.165, 1.54) is 0 Å². The summed E-state index contributed by atoms with van der Waals surface area (Å²) in [6.07, 6.45) is 2.38. The Morgan fingerprint density at radius 1 is 1.41 bits per heavy atom. The SMILES string of the molecule is COCc1nn2ccnc(Nc3cc([C@H]4OC[C@@H](OC(=O)NC56CC(C5)C6)[C@H]4F)[nH]n3)c2c1C. The summed E-state index contributed by atoms with van der Waals surface area (Å²) in [4.78, 5) is 16.6. The molecule has 1 amide bonds. The lowest BCUT2D eigenvalue weighted by Gasteiger charge is -2.61. The van der Waals surface area contributed by atoms with Gasteiger partial charge in [0.15, 0.2) is 23.9 Å². The summed E-state index contributed by atoms with van der Waals surface area (Å²) in [5.74, 6) is 1.73. The van der Waals surface area contributed by atoms with Crippen molar-refractivity contribution in [2.45, 2.75) is 56.7 Å². The molecule has 34 heavy (non-hydrogen) atoms. The van der Waals surface area contributed by atoms with Gasteiger partial charge in [-0.15, -0.1) is 0 Å². The number of carbonyl (C=O) groups excluding carboxylic acids is 1. The lowest BCUT2D eigenvalue weighted by Crippen LogP contribution is -2.68. The van der Waals surface area contributed by atoms with Crippen LogP contribution >= 0.6 is 0 Å². The number of aromatic amines is 1. The van der Waals surface area contributed by atoms with Gasteiger partial charge in [0.25, 0.3) is 0 Å². The molecule has 11 nitrogen and oxygen atoms in total. The molecule has 3 saturated carbocycles. The smallest absolute Gasteiger partial charge is 0.408 e. The Balaban J connectivity index is 1.13. The maximum atomic E-state index is 15.1. The van der Waals surface area contributed by atoms with E-state index < -0.39 is 24.5 Å². The molecule has 180 valence electrons. The molecule has 1 aliphatic heterocycles. The highest BCUT2D eigenvalue weighted by Gasteiger charge is 2.58. The molecular formula is C22H26FN7O4. The molecule has 7 rings (SSSR count). The van der Waals surface area contributed by atoms with Crippen molar-refractivity contribution >= 4 is 23.2 Å². The quantitative estimate of drug-likeness (QED) is 0.480. The number of nitrogens with one attached hydrogen (secondary N) is 3. The normalized spacial score (nSPS) is 29.5. The van der Waals surface area contributed by atoms with E-state index in [-0.39, 0.29) is 12.1 Å². The van der Waals surface area contributed by atoms with E-state index in [9.17, 15) is 4.79 Å². The Hall–Kier alpha value is -3.25. The van der Waals surface area contributed by atoms with Gasteiger partial charge in [-0.3, -0.25) is 5.10 Å². The van der Waals surface area contributed by atoms with Crippen LogP contribution in [0.4, 0.5) is 20.8 Å². The zero-order valence-corrected chi connectivity index (χ0v) is 18.9. The van der Waals surface area contributed by atoms with Crippen molar-refractivity contribution in [3.05, 3.63) is 35.4 Å². The number of halogens is 1. The van der Waals surface area contributed by atoms with Gasteiger partial charge in [0.1, 0.15) is 11.6 Å². The average Bonchev–Trinajstić information content (AvgIpc) is 3.44. The number of H-pyrrole nitrogens is 1. The summed E-state index contributed by atoms with van der Waals surface area (Å²) < 4.78 is 33.0. The van der Waals surface area contributed by atoms with Crippen LogP contribution in [0.2, 0.25) is 0 Å². The summed E-state index contributed by atoms with van der Waals surface area (Å²) >= 11 is 0. The van der Waals surface area contributed by atoms with Gasteiger partial charge in [0.05, 0.1) is 24.6 Å². The fraction of sp³-hybridized carbons (Fsp3) is 0.545. The number of carbonyl (C=O) groups is 1. The fourth-order valence-corrected chi connectivity index (χ4v) is 5.18. The van der Waals surface area contributed by atoms with Crippen LogP contribution in [-0.4, -0.2) is 62.4 Å². The minimum atomic E-state index is -1.51. The predicted molar refractivity (Wildman–Crippen MR) is 117 cm³/mol. The fourth-order valence-electron chi connectivity index (χ4n) is 5.18. The molecule has 3 atom stereocenters. The van der Waals surface area contributed by atoms with Crippen LogP contribution in [0, 0.1) is 12.8 Å². The van der Waals surface area contributed by atoms with Crippen molar-refractivity contribution in [3.63, 3.8) is 0 Å². The first-order valence-corrected chi connectivity index (χ1v) is 11.3. The van der Waals surface area contributed by atoms with Gasteiger partial charge in [-0.2, -0.15) is 10.2 Å². The minimum absolute atomic E-state index is 0.0190. The first kappa shape index (κ1) is 21.3. The van der Waals surface area contributed by atoms with E-state index in [1.807, 2.05) is 6.92 Å². The van der Waals surface area contributed by atoms with Crippen molar-refractivity contribution in [3.8, 4) is 0 Å². The second-order valence-corrected chi connectivity index (χ2v) is 9.43. The number of fused-ring (bicyclic) bond motifs is 1. The van der Waals surface area contributed by atoms with E-state index in [2.05, 4.69) is 30.9 Å². The molecule has 3 aromatic heterocycles. The summed E-state index contributed by atoms with van der Waals surface area (Å²) in [6, 6.07) is 1.66. The van der Waals surface area contributed by atoms with E-state index in [0.717, 1.165) is 42.0 Å². The minimum Gasteiger partial charge on any atom is -0.441 e. The third-order valence-corrected chi connectivity index (χ3v) is 7.06. The van der Waals surface area contributed by atoms with Crippen LogP contribution in [0.15, 0.2) is 18.5 Å². The number of amides is 1. The standard InChI is InChI=1S/C22H26FN7O4/c1-11-14(9-32-2)29-30-4-3-24-20(18(11)30)25-16-5-13(27-28-16)19-17(23)15(10-33-19)34-21(31)26-22-6-12(7-22)8-22/h3-5,12,15,17,19H,6-10H2,1-2H3,(H,26,31)(H2,24,25,27,28)/t12?,15-,17-,19-,22?/m1/s1. The van der Waals surface area contributed by atoms with Gasteiger partial charge in [-0.1, -0.05) is 0 Å². The monoisotopic (exact) mass is 471 g/mol. The van der Waals surface area contributed by atoms with Crippen molar-refractivity contribution < 1.29 is 23.4 Å². The number of nitrogens with zero attached hydrogens (tertiary/aromatic N) is 4. The third-order valence-electron chi connectivity index (χ3n) is 7.06. The first-order valence-electron chi connectivity index (χ1n) is 11.3. The summed E-state index contributed by atoms with van der Waals surface area (Å²) in [7, 11) is 1.62. The number of alkyl halides is 1. The second kappa shape index (κ2) is 7.91. The Labute approximate surface area is 194 Å². The van der Waals surface area contributed by atoms with Gasteiger partial charge in [-0.25, -0.2) is 18.7 Å². The zero-order valence-electron chi connectivity index (χ0n) is 18.9. The van der Waals surface area contributed by atoms with E-state index >= 15 is 4.39 Å². The van der Waals surface area contributed by atoms with Gasteiger partial charge in [-0.05, 0) is 32.1 Å². The molecular weight excluding hydrogens is 445 g/mol. The molecule has 3 aromatic rings. The number of methoxy groups -OCH3 is 1. The van der Waals surface area contributed by atoms with Crippen LogP contribution in [0.1, 0.15) is 42.3 Å². The second-order valence-electron chi connectivity index (χ2n) is 9.43. The van der Waals surface area contributed by atoms with E-state index in [4.69, 9.17) is 14.2 Å². The number of aromatic nitrogens is 5. The summed E-state index contributed by atoms with van der Waals surface area (Å²) in [5, 5.41) is 17.6. The number of ether oxygens (including phenoxy) is 3. The highest BCUT2D eigenvalue weighted by atomic mass is 19.1. The van der Waals surface area contributed by atoms with Crippen LogP contribution in [-0.2, 0) is 20.8 Å². The van der Waals surface area contributed by atoms with E-state index in [1.54, 1.807) is 30.1 Å². The van der Waals surface area contributed by atoms with Crippen LogP contribution in [0.25, 0.3) is 5.52 Å². The highest BCUT2D eigenvalue weighted by molar-refractivity contribution is 5.76. The van der Waals surface area contributed by atoms with Gasteiger partial charge in [0, 0.05) is 36.7 Å². The molecule has 2 bridgehead atoms.